The van der Waals surface area contributed by atoms with Crippen molar-refractivity contribution >= 4 is 15.8 Å². The monoisotopic (exact) mass is 411 g/mol. The minimum atomic E-state index is -5.53. The van der Waals surface area contributed by atoms with E-state index >= 15 is 0 Å². The van der Waals surface area contributed by atoms with Crippen LogP contribution in [0.25, 0.3) is 0 Å². The molecule has 2 aromatic carbocycles. The van der Waals surface area contributed by atoms with E-state index in [4.69, 9.17) is 10.00 Å². The van der Waals surface area contributed by atoms with Gasteiger partial charge in [-0.15, -0.1) is 0 Å². The van der Waals surface area contributed by atoms with Gasteiger partial charge in [-0.25, -0.2) is 13.2 Å². The number of rotatable bonds is 6. The van der Waals surface area contributed by atoms with Crippen LogP contribution in [0.3, 0.4) is 0 Å². The number of hydrogen-bond donors (Lipinski definition) is 0. The summed E-state index contributed by atoms with van der Waals surface area (Å²) in [5, 5.41) is 6.91. The molecule has 2 rings (SSSR count). The van der Waals surface area contributed by atoms with Crippen LogP contribution in [0, 0.1) is 11.3 Å². The lowest BCUT2D eigenvalue weighted by atomic mass is 10.0. The third-order valence-corrected chi connectivity index (χ3v) is 5.83. The maximum Gasteiger partial charge on any atom is 0.498 e. The lowest BCUT2D eigenvalue weighted by Gasteiger charge is -2.20. The number of hydrogen-bond acceptors (Lipinski definition) is 5. The Balaban J connectivity index is 2.43. The highest BCUT2D eigenvalue weighted by Gasteiger charge is 2.51. The number of nitrogens with zero attached hydrogens (tertiary/aromatic N) is 1. The molecule has 2 aromatic rings. The zero-order chi connectivity index (χ0) is 20.9. The number of halogens is 3. The Morgan fingerprint density at radius 1 is 1.11 bits per heavy atom. The average Bonchev–Trinajstić information content (AvgIpc) is 2.66. The number of carbonyl (C=O) groups excluding carboxylic acids is 1. The summed E-state index contributed by atoms with van der Waals surface area (Å²) < 4.78 is 68.6. The summed E-state index contributed by atoms with van der Waals surface area (Å²) in [7, 11) is -5.53. The Morgan fingerprint density at radius 3 is 2.14 bits per heavy atom. The van der Waals surface area contributed by atoms with Crippen LogP contribution in [-0.2, 0) is 21.0 Å². The molecule has 0 bridgehead atoms. The Hall–Kier alpha value is -2.86. The third-order valence-electron chi connectivity index (χ3n) is 3.99. The highest BCUT2D eigenvalue weighted by Crippen LogP contribution is 2.38. The molecule has 0 aromatic heterocycles. The molecule has 0 saturated carbocycles. The van der Waals surface area contributed by atoms with Gasteiger partial charge in [-0.2, -0.15) is 18.4 Å². The molecule has 0 aliphatic heterocycles. The van der Waals surface area contributed by atoms with Crippen molar-refractivity contribution in [2.45, 2.75) is 24.1 Å². The highest BCUT2D eigenvalue weighted by atomic mass is 32.2. The van der Waals surface area contributed by atoms with Gasteiger partial charge in [0.25, 0.3) is 9.84 Å². The maximum absolute atomic E-state index is 13.2. The zero-order valence-corrected chi connectivity index (χ0v) is 15.5. The van der Waals surface area contributed by atoms with E-state index in [1.807, 2.05) is 6.07 Å². The van der Waals surface area contributed by atoms with E-state index in [-0.39, 0.29) is 17.7 Å². The van der Waals surface area contributed by atoms with Crippen molar-refractivity contribution in [1.82, 2.24) is 0 Å². The quantitative estimate of drug-likeness (QED) is 0.672. The molecule has 0 N–H and O–H groups in total. The first kappa shape index (κ1) is 21.4. The molecule has 0 amide bonds. The molecular weight excluding hydrogens is 395 g/mol. The lowest BCUT2D eigenvalue weighted by Crippen LogP contribution is -2.30. The van der Waals surface area contributed by atoms with Crippen LogP contribution in [0.2, 0.25) is 0 Å². The largest absolute Gasteiger partial charge is 0.498 e. The number of esters is 1. The van der Waals surface area contributed by atoms with E-state index in [0.717, 1.165) is 0 Å². The molecule has 1 unspecified atom stereocenters. The molecule has 9 heteroatoms. The maximum atomic E-state index is 13.2. The lowest BCUT2D eigenvalue weighted by molar-refractivity contribution is -0.0445. The van der Waals surface area contributed by atoms with Crippen molar-refractivity contribution in [3.8, 4) is 6.07 Å². The van der Waals surface area contributed by atoms with E-state index in [9.17, 15) is 26.4 Å². The van der Waals surface area contributed by atoms with Crippen LogP contribution in [0.5, 0.6) is 0 Å². The molecule has 0 fully saturated rings. The Bertz CT molecular complexity index is 976. The molecule has 0 aliphatic rings. The number of ether oxygens (including phenoxy) is 1. The minimum absolute atomic E-state index is 0.102. The second-order valence-electron chi connectivity index (χ2n) is 5.83. The van der Waals surface area contributed by atoms with Crippen LogP contribution >= 0.6 is 0 Å². The van der Waals surface area contributed by atoms with Crippen LogP contribution in [0.15, 0.2) is 48.5 Å². The number of alkyl halides is 3. The van der Waals surface area contributed by atoms with Gasteiger partial charge in [0.1, 0.15) is 0 Å². The molecular formula is C19H16F3NO4S. The summed E-state index contributed by atoms with van der Waals surface area (Å²) >= 11 is 0. The number of nitriles is 1. The molecule has 0 spiro atoms. The Morgan fingerprint density at radius 2 is 1.68 bits per heavy atom. The third kappa shape index (κ3) is 4.70. The number of sulfone groups is 1. The van der Waals surface area contributed by atoms with Crippen LogP contribution in [-0.4, -0.2) is 26.5 Å². The van der Waals surface area contributed by atoms with Crippen molar-refractivity contribution in [1.29, 1.82) is 5.26 Å². The van der Waals surface area contributed by atoms with Gasteiger partial charge in [0.15, 0.2) is 0 Å². The topological polar surface area (TPSA) is 84.2 Å². The molecule has 0 heterocycles. The smallest absolute Gasteiger partial charge is 0.462 e. The number of benzene rings is 2. The second kappa shape index (κ2) is 8.44. The van der Waals surface area contributed by atoms with Gasteiger partial charge >= 0.3 is 11.5 Å². The van der Waals surface area contributed by atoms with Gasteiger partial charge in [-0.3, -0.25) is 0 Å². The van der Waals surface area contributed by atoms with E-state index in [2.05, 4.69) is 0 Å². The molecule has 148 valence electrons. The van der Waals surface area contributed by atoms with E-state index in [1.54, 1.807) is 6.92 Å². The first-order chi connectivity index (χ1) is 13.1. The summed E-state index contributed by atoms with van der Waals surface area (Å²) in [6, 6.07) is 12.3. The fourth-order valence-corrected chi connectivity index (χ4v) is 3.80. The molecule has 28 heavy (non-hydrogen) atoms. The van der Waals surface area contributed by atoms with Gasteiger partial charge < -0.3 is 4.74 Å². The van der Waals surface area contributed by atoms with Gasteiger partial charge in [0, 0.05) is 0 Å². The second-order valence-corrected chi connectivity index (χ2v) is 7.96. The zero-order valence-electron chi connectivity index (χ0n) is 14.7. The predicted octanol–water partition coefficient (Wildman–Crippen LogP) is 3.95. The molecule has 5 nitrogen and oxygen atoms in total. The molecule has 1 atom stereocenters. The van der Waals surface area contributed by atoms with Gasteiger partial charge in [0.2, 0.25) is 0 Å². The summed E-state index contributed by atoms with van der Waals surface area (Å²) in [6.07, 6.45) is -0.438. The summed E-state index contributed by atoms with van der Waals surface area (Å²) in [5.74, 6) is -0.656. The summed E-state index contributed by atoms with van der Waals surface area (Å²) in [6.45, 7) is 1.74. The Labute approximate surface area is 160 Å². The van der Waals surface area contributed by atoms with E-state index in [0.29, 0.717) is 11.1 Å². The van der Waals surface area contributed by atoms with Crippen molar-refractivity contribution < 1.29 is 31.1 Å². The van der Waals surface area contributed by atoms with Crippen LogP contribution in [0.1, 0.15) is 39.2 Å². The summed E-state index contributed by atoms with van der Waals surface area (Å²) in [4.78, 5) is 11.7. The van der Waals surface area contributed by atoms with Crippen LogP contribution < -0.4 is 0 Å². The van der Waals surface area contributed by atoms with Crippen molar-refractivity contribution in [2.24, 2.45) is 0 Å². The number of carbonyl (C=O) groups is 1. The van der Waals surface area contributed by atoms with Crippen molar-refractivity contribution in [3.63, 3.8) is 0 Å². The normalized spacial score (nSPS) is 12.8. The fraction of sp³-hybridized carbons (Fsp3) is 0.263. The first-order valence-corrected chi connectivity index (χ1v) is 9.71. The fourth-order valence-electron chi connectivity index (χ4n) is 2.55. The molecule has 0 saturated heterocycles. The molecule has 0 radical (unpaired) electrons. The van der Waals surface area contributed by atoms with E-state index in [1.165, 1.54) is 48.5 Å². The highest BCUT2D eigenvalue weighted by molar-refractivity contribution is 7.92. The molecule has 0 aliphatic carbocycles. The minimum Gasteiger partial charge on any atom is -0.462 e. The summed E-state index contributed by atoms with van der Waals surface area (Å²) in [5.41, 5.74) is -4.81. The van der Waals surface area contributed by atoms with Crippen molar-refractivity contribution in [2.75, 3.05) is 6.61 Å². The SMILES string of the molecule is CCOC(=O)c1ccc(C(Cc2ccc(C#N)cc2)S(=O)(=O)C(F)(F)F)cc1. The van der Waals surface area contributed by atoms with E-state index < -0.39 is 33.0 Å². The Kier molecular flexibility index (Phi) is 6.46. The first-order valence-electron chi connectivity index (χ1n) is 8.16. The van der Waals surface area contributed by atoms with Gasteiger partial charge in [0.05, 0.1) is 29.1 Å². The van der Waals surface area contributed by atoms with Crippen LogP contribution in [0.4, 0.5) is 13.2 Å². The van der Waals surface area contributed by atoms with Crippen molar-refractivity contribution in [3.05, 3.63) is 70.8 Å². The van der Waals surface area contributed by atoms with Gasteiger partial charge in [-0.05, 0) is 48.7 Å². The average molecular weight is 411 g/mol. The van der Waals surface area contributed by atoms with Gasteiger partial charge in [-0.1, -0.05) is 24.3 Å². The standard InChI is InChI=1S/C19H16F3NO4S/c1-2-27-18(24)16-9-7-15(8-10-16)17(28(25,26)19(20,21)22)11-13-3-5-14(12-23)6-4-13/h3-10,17H,2,11H2,1H3. The predicted molar refractivity (Wildman–Crippen MR) is 95.0 cm³/mol.